The molecule has 1 N–H and O–H groups in total. The number of terminal acetylenes is 1. The Hall–Kier alpha value is -2.88. The van der Waals surface area contributed by atoms with Gasteiger partial charge >= 0.3 is 5.97 Å². The van der Waals surface area contributed by atoms with E-state index in [1.807, 2.05) is 0 Å². The van der Waals surface area contributed by atoms with Crippen LogP contribution in [-0.4, -0.2) is 44.8 Å². The van der Waals surface area contributed by atoms with Gasteiger partial charge in [-0.3, -0.25) is 4.79 Å². The van der Waals surface area contributed by atoms with Crippen LogP contribution in [0.3, 0.4) is 0 Å². The smallest absolute Gasteiger partial charge is 0.331 e. The highest BCUT2D eigenvalue weighted by molar-refractivity contribution is 5.99. The molecule has 1 aromatic carbocycles. The predicted molar refractivity (Wildman–Crippen MR) is 104 cm³/mol. The van der Waals surface area contributed by atoms with Crippen LogP contribution < -0.4 is 19.5 Å². The molecule has 0 atom stereocenters. The fraction of sp³-hybridized carbons (Fsp3) is 0.524. The van der Waals surface area contributed by atoms with Crippen LogP contribution >= 0.6 is 0 Å². The van der Waals surface area contributed by atoms with Gasteiger partial charge in [-0.15, -0.1) is 6.42 Å². The molecule has 1 amide bonds. The number of benzene rings is 1. The summed E-state index contributed by atoms with van der Waals surface area (Å²) in [7, 11) is 2.92. The molecule has 7 heteroatoms. The van der Waals surface area contributed by atoms with Crippen LogP contribution in [-0.2, 0) is 9.53 Å². The van der Waals surface area contributed by atoms with E-state index >= 15 is 0 Å². The van der Waals surface area contributed by atoms with E-state index in [2.05, 4.69) is 11.2 Å². The first kappa shape index (κ1) is 21.4. The molecular weight excluding hydrogens is 362 g/mol. The minimum absolute atomic E-state index is 0.0320. The molecule has 0 bridgehead atoms. The molecule has 2 rings (SSSR count). The van der Waals surface area contributed by atoms with Gasteiger partial charge in [-0.25, -0.2) is 4.79 Å². The Morgan fingerprint density at radius 2 is 1.75 bits per heavy atom. The third-order valence-electron chi connectivity index (χ3n) is 4.75. The van der Waals surface area contributed by atoms with Crippen molar-refractivity contribution in [3.8, 4) is 29.6 Å². The molecule has 1 fully saturated rings. The van der Waals surface area contributed by atoms with Gasteiger partial charge in [0.2, 0.25) is 5.75 Å². The first-order valence-electron chi connectivity index (χ1n) is 9.33. The fourth-order valence-electron chi connectivity index (χ4n) is 3.36. The number of amides is 1. The molecule has 1 aromatic rings. The highest BCUT2D eigenvalue weighted by Crippen LogP contribution is 2.39. The maximum atomic E-state index is 13.0. The highest BCUT2D eigenvalue weighted by atomic mass is 16.5. The number of ether oxygens (including phenoxy) is 4. The van der Waals surface area contributed by atoms with E-state index < -0.39 is 17.4 Å². The van der Waals surface area contributed by atoms with Gasteiger partial charge in [-0.05, 0) is 31.9 Å². The Balaban J connectivity index is 2.33. The summed E-state index contributed by atoms with van der Waals surface area (Å²) in [5, 5.41) is 2.90. The number of nitrogens with one attached hydrogen (secondary N) is 1. The average Bonchev–Trinajstić information content (AvgIpc) is 2.72. The maximum Gasteiger partial charge on any atom is 0.331 e. The Bertz CT molecular complexity index is 721. The van der Waals surface area contributed by atoms with Crippen molar-refractivity contribution >= 4 is 11.9 Å². The molecule has 0 heterocycles. The summed E-state index contributed by atoms with van der Waals surface area (Å²) in [6, 6.07) is 3.07. The summed E-state index contributed by atoms with van der Waals surface area (Å²) >= 11 is 0. The summed E-state index contributed by atoms with van der Waals surface area (Å²) in [5.41, 5.74) is -0.722. The number of hydrogen-bond donors (Lipinski definition) is 1. The topological polar surface area (TPSA) is 83.1 Å². The standard InChI is InChI=1S/C21H27NO6/c1-5-12-28-18-16(25-3)13-15(14-17(18)26-4)19(23)22-21(20(24)27-6-2)10-8-7-9-11-21/h1,13-14H,6-12H2,2-4H3,(H,22,23). The average molecular weight is 389 g/mol. The minimum atomic E-state index is -1.01. The predicted octanol–water partition coefficient (Wildman–Crippen LogP) is 2.71. The van der Waals surface area contributed by atoms with Crippen molar-refractivity contribution in [2.75, 3.05) is 27.4 Å². The zero-order valence-electron chi connectivity index (χ0n) is 16.6. The Kier molecular flexibility index (Phi) is 7.56. The van der Waals surface area contributed by atoms with Crippen LogP contribution in [0.2, 0.25) is 0 Å². The van der Waals surface area contributed by atoms with Crippen LogP contribution in [0, 0.1) is 12.3 Å². The fourth-order valence-corrected chi connectivity index (χ4v) is 3.36. The van der Waals surface area contributed by atoms with Gasteiger partial charge in [0.05, 0.1) is 20.8 Å². The van der Waals surface area contributed by atoms with E-state index in [0.717, 1.165) is 19.3 Å². The van der Waals surface area contributed by atoms with Crippen molar-refractivity contribution in [2.24, 2.45) is 0 Å². The van der Waals surface area contributed by atoms with Crippen molar-refractivity contribution in [3.05, 3.63) is 17.7 Å². The zero-order chi connectivity index (χ0) is 20.6. The van der Waals surface area contributed by atoms with E-state index in [0.29, 0.717) is 30.1 Å². The first-order valence-corrected chi connectivity index (χ1v) is 9.33. The van der Waals surface area contributed by atoms with Gasteiger partial charge in [0, 0.05) is 5.56 Å². The Labute approximate surface area is 165 Å². The van der Waals surface area contributed by atoms with Gasteiger partial charge < -0.3 is 24.3 Å². The van der Waals surface area contributed by atoms with Crippen molar-refractivity contribution in [1.82, 2.24) is 5.32 Å². The molecule has 152 valence electrons. The summed E-state index contributed by atoms with van der Waals surface area (Å²) in [5.74, 6) is 2.52. The highest BCUT2D eigenvalue weighted by Gasteiger charge is 2.42. The van der Waals surface area contributed by atoms with Crippen LogP contribution in [0.5, 0.6) is 17.2 Å². The second-order valence-corrected chi connectivity index (χ2v) is 6.52. The molecule has 0 aliphatic heterocycles. The first-order chi connectivity index (χ1) is 13.5. The molecule has 0 aromatic heterocycles. The van der Waals surface area contributed by atoms with E-state index in [9.17, 15) is 9.59 Å². The second-order valence-electron chi connectivity index (χ2n) is 6.52. The summed E-state index contributed by atoms with van der Waals surface area (Å²) in [4.78, 5) is 25.6. The number of esters is 1. The lowest BCUT2D eigenvalue weighted by Crippen LogP contribution is -2.56. The van der Waals surface area contributed by atoms with Crippen LogP contribution in [0.25, 0.3) is 0 Å². The molecule has 1 aliphatic rings. The van der Waals surface area contributed by atoms with Crippen molar-refractivity contribution < 1.29 is 28.5 Å². The van der Waals surface area contributed by atoms with Crippen LogP contribution in [0.15, 0.2) is 12.1 Å². The van der Waals surface area contributed by atoms with Gasteiger partial charge in [0.1, 0.15) is 12.1 Å². The lowest BCUT2D eigenvalue weighted by Gasteiger charge is -2.35. The molecule has 7 nitrogen and oxygen atoms in total. The molecule has 1 aliphatic carbocycles. The molecule has 0 radical (unpaired) electrons. The van der Waals surface area contributed by atoms with E-state index in [4.69, 9.17) is 25.4 Å². The third kappa shape index (κ3) is 4.69. The van der Waals surface area contributed by atoms with E-state index in [1.54, 1.807) is 6.92 Å². The quantitative estimate of drug-likeness (QED) is 0.544. The molecular formula is C21H27NO6. The minimum Gasteiger partial charge on any atom is -0.493 e. The van der Waals surface area contributed by atoms with E-state index in [1.165, 1.54) is 26.4 Å². The number of hydrogen-bond acceptors (Lipinski definition) is 6. The largest absolute Gasteiger partial charge is 0.493 e. The zero-order valence-corrected chi connectivity index (χ0v) is 16.6. The van der Waals surface area contributed by atoms with Crippen molar-refractivity contribution in [3.63, 3.8) is 0 Å². The number of carbonyl (C=O) groups excluding carboxylic acids is 2. The molecule has 0 unspecified atom stereocenters. The van der Waals surface area contributed by atoms with Gasteiger partial charge in [0.25, 0.3) is 5.91 Å². The number of carbonyl (C=O) groups is 2. The normalized spacial score (nSPS) is 15.1. The van der Waals surface area contributed by atoms with Crippen LogP contribution in [0.1, 0.15) is 49.4 Å². The SMILES string of the molecule is C#CCOc1c(OC)cc(C(=O)NC2(C(=O)OCC)CCCCC2)cc1OC. The molecule has 28 heavy (non-hydrogen) atoms. The monoisotopic (exact) mass is 389 g/mol. The van der Waals surface area contributed by atoms with Gasteiger partial charge in [0.15, 0.2) is 11.5 Å². The molecule has 0 spiro atoms. The van der Waals surface area contributed by atoms with E-state index in [-0.39, 0.29) is 18.8 Å². The third-order valence-corrected chi connectivity index (χ3v) is 4.75. The van der Waals surface area contributed by atoms with Crippen LogP contribution in [0.4, 0.5) is 0 Å². The van der Waals surface area contributed by atoms with Crippen molar-refractivity contribution in [1.29, 1.82) is 0 Å². The Morgan fingerprint density at radius 1 is 1.14 bits per heavy atom. The van der Waals surface area contributed by atoms with Crippen molar-refractivity contribution in [2.45, 2.75) is 44.6 Å². The maximum absolute atomic E-state index is 13.0. The lowest BCUT2D eigenvalue weighted by atomic mass is 9.81. The summed E-state index contributed by atoms with van der Waals surface area (Å²) in [6.07, 6.45) is 9.08. The number of rotatable bonds is 8. The number of methoxy groups -OCH3 is 2. The summed E-state index contributed by atoms with van der Waals surface area (Å²) in [6.45, 7) is 2.05. The summed E-state index contributed by atoms with van der Waals surface area (Å²) < 4.78 is 21.4. The van der Waals surface area contributed by atoms with Gasteiger partial charge in [-0.1, -0.05) is 25.2 Å². The molecule has 1 saturated carbocycles. The molecule has 0 saturated heterocycles. The Morgan fingerprint density at radius 3 is 2.25 bits per heavy atom. The second kappa shape index (κ2) is 9.88. The lowest BCUT2D eigenvalue weighted by molar-refractivity contribution is -0.152. The van der Waals surface area contributed by atoms with Gasteiger partial charge in [-0.2, -0.15) is 0 Å².